The quantitative estimate of drug-likeness (QED) is 0.862. The number of hydrogen-bond acceptors (Lipinski definition) is 3. The molecule has 3 rings (SSSR count). The molecule has 2 aliphatic heterocycles. The summed E-state index contributed by atoms with van der Waals surface area (Å²) in [6, 6.07) is 1.51. The van der Waals surface area contributed by atoms with Gasteiger partial charge in [-0.05, 0) is 19.3 Å². The monoisotopic (exact) mass is 256 g/mol. The molecule has 0 aliphatic carbocycles. The maximum atomic E-state index is 4.23. The highest BCUT2D eigenvalue weighted by molar-refractivity contribution is 5.85. The third-order valence-electron chi connectivity index (χ3n) is 3.77. The van der Waals surface area contributed by atoms with Crippen LogP contribution in [0.1, 0.15) is 24.8 Å². The number of fused-ring (bicyclic) bond motifs is 2. The standard InChI is InChI=1S/C12H20N4.ClH/c1-15-7-10(6-13-15)8-16-5-4-11-2-3-12(9-16)14-11;/h6-7,11-12,14H,2-5,8-9H2,1H3;1H. The van der Waals surface area contributed by atoms with Gasteiger partial charge in [0.05, 0.1) is 6.20 Å². The fourth-order valence-corrected chi connectivity index (χ4v) is 2.97. The number of hydrogen-bond donors (Lipinski definition) is 1. The van der Waals surface area contributed by atoms with Gasteiger partial charge in [-0.25, -0.2) is 0 Å². The zero-order valence-electron chi connectivity index (χ0n) is 10.3. The molecule has 96 valence electrons. The predicted octanol–water partition coefficient (Wildman–Crippen LogP) is 1.17. The van der Waals surface area contributed by atoms with Crippen molar-refractivity contribution in [1.82, 2.24) is 20.0 Å². The smallest absolute Gasteiger partial charge is 0.0534 e. The molecule has 2 bridgehead atoms. The molecule has 1 aromatic rings. The van der Waals surface area contributed by atoms with Crippen molar-refractivity contribution in [2.45, 2.75) is 37.9 Å². The molecule has 2 atom stereocenters. The van der Waals surface area contributed by atoms with Gasteiger partial charge in [0.2, 0.25) is 0 Å². The predicted molar refractivity (Wildman–Crippen MR) is 70.3 cm³/mol. The first kappa shape index (κ1) is 12.9. The Balaban J connectivity index is 0.00000108. The second-order valence-corrected chi connectivity index (χ2v) is 5.18. The third-order valence-corrected chi connectivity index (χ3v) is 3.77. The fraction of sp³-hybridized carbons (Fsp3) is 0.750. The summed E-state index contributed by atoms with van der Waals surface area (Å²) in [4.78, 5) is 2.56. The van der Waals surface area contributed by atoms with E-state index < -0.39 is 0 Å². The van der Waals surface area contributed by atoms with Crippen LogP contribution in [-0.4, -0.2) is 39.9 Å². The molecule has 1 N–H and O–H groups in total. The summed E-state index contributed by atoms with van der Waals surface area (Å²) >= 11 is 0. The molecule has 2 aliphatic rings. The molecule has 17 heavy (non-hydrogen) atoms. The first-order valence-corrected chi connectivity index (χ1v) is 6.25. The maximum absolute atomic E-state index is 4.23. The molecule has 2 unspecified atom stereocenters. The van der Waals surface area contributed by atoms with E-state index in [-0.39, 0.29) is 12.4 Å². The van der Waals surface area contributed by atoms with Crippen LogP contribution in [0.5, 0.6) is 0 Å². The largest absolute Gasteiger partial charge is 0.310 e. The molecule has 4 nitrogen and oxygen atoms in total. The third kappa shape index (κ3) is 3.00. The second-order valence-electron chi connectivity index (χ2n) is 5.18. The van der Waals surface area contributed by atoms with Crippen LogP contribution in [0, 0.1) is 0 Å². The Hall–Kier alpha value is -0.580. The zero-order valence-corrected chi connectivity index (χ0v) is 11.1. The molecular weight excluding hydrogens is 236 g/mol. The van der Waals surface area contributed by atoms with Gasteiger partial charge in [-0.1, -0.05) is 0 Å². The van der Waals surface area contributed by atoms with Gasteiger partial charge >= 0.3 is 0 Å². The van der Waals surface area contributed by atoms with Crippen molar-refractivity contribution in [3.05, 3.63) is 18.0 Å². The summed E-state index contributed by atoms with van der Waals surface area (Å²) in [5, 5.41) is 7.94. The van der Waals surface area contributed by atoms with Crippen molar-refractivity contribution in [2.24, 2.45) is 7.05 Å². The molecule has 5 heteroatoms. The molecule has 3 heterocycles. The first-order chi connectivity index (χ1) is 7.79. The highest BCUT2D eigenvalue weighted by atomic mass is 35.5. The van der Waals surface area contributed by atoms with Gasteiger partial charge in [0.25, 0.3) is 0 Å². The van der Waals surface area contributed by atoms with Crippen molar-refractivity contribution < 1.29 is 0 Å². The zero-order chi connectivity index (χ0) is 11.0. The Morgan fingerprint density at radius 1 is 1.35 bits per heavy atom. The van der Waals surface area contributed by atoms with Gasteiger partial charge < -0.3 is 5.32 Å². The average molecular weight is 257 g/mol. The Kier molecular flexibility index (Phi) is 4.07. The van der Waals surface area contributed by atoms with E-state index in [0.717, 1.165) is 18.6 Å². The van der Waals surface area contributed by atoms with Crippen molar-refractivity contribution in [1.29, 1.82) is 0 Å². The molecule has 0 radical (unpaired) electrons. The van der Waals surface area contributed by atoms with Crippen LogP contribution in [0.15, 0.2) is 12.4 Å². The minimum absolute atomic E-state index is 0. The number of likely N-dealkylation sites (tertiary alicyclic amines) is 1. The molecule has 0 amide bonds. The summed E-state index contributed by atoms with van der Waals surface area (Å²) in [5.41, 5.74) is 1.33. The Morgan fingerprint density at radius 3 is 2.94 bits per heavy atom. The Morgan fingerprint density at radius 2 is 2.18 bits per heavy atom. The van der Waals surface area contributed by atoms with E-state index in [9.17, 15) is 0 Å². The molecule has 0 aromatic carbocycles. The van der Waals surface area contributed by atoms with Crippen molar-refractivity contribution in [2.75, 3.05) is 13.1 Å². The summed E-state index contributed by atoms with van der Waals surface area (Å²) in [5.74, 6) is 0. The second kappa shape index (κ2) is 5.38. The fourth-order valence-electron chi connectivity index (χ4n) is 2.97. The van der Waals surface area contributed by atoms with Crippen LogP contribution in [0.2, 0.25) is 0 Å². The summed E-state index contributed by atoms with van der Waals surface area (Å²) < 4.78 is 1.89. The van der Waals surface area contributed by atoms with E-state index in [1.807, 2.05) is 17.9 Å². The van der Waals surface area contributed by atoms with E-state index in [1.54, 1.807) is 0 Å². The number of rotatable bonds is 2. The van der Waals surface area contributed by atoms with E-state index in [1.165, 1.54) is 37.9 Å². The van der Waals surface area contributed by atoms with Gasteiger partial charge in [-0.15, -0.1) is 12.4 Å². The van der Waals surface area contributed by atoms with Gasteiger partial charge in [0, 0.05) is 50.5 Å². The number of halogens is 1. The maximum Gasteiger partial charge on any atom is 0.0534 e. The van der Waals surface area contributed by atoms with Crippen LogP contribution < -0.4 is 5.32 Å². The Labute approximate surface area is 109 Å². The van der Waals surface area contributed by atoms with Gasteiger partial charge in [-0.3, -0.25) is 9.58 Å². The van der Waals surface area contributed by atoms with E-state index in [0.29, 0.717) is 0 Å². The molecule has 0 spiro atoms. The summed E-state index contributed by atoms with van der Waals surface area (Å²) in [7, 11) is 1.98. The molecule has 0 saturated carbocycles. The van der Waals surface area contributed by atoms with Crippen LogP contribution in [0.3, 0.4) is 0 Å². The highest BCUT2D eigenvalue weighted by Gasteiger charge is 2.29. The first-order valence-electron chi connectivity index (χ1n) is 6.25. The highest BCUT2D eigenvalue weighted by Crippen LogP contribution is 2.21. The summed E-state index contributed by atoms with van der Waals surface area (Å²) in [6.45, 7) is 3.48. The summed E-state index contributed by atoms with van der Waals surface area (Å²) in [6.07, 6.45) is 8.14. The lowest BCUT2D eigenvalue weighted by Crippen LogP contribution is -2.34. The number of aryl methyl sites for hydroxylation is 1. The molecule has 2 saturated heterocycles. The van der Waals surface area contributed by atoms with Crippen LogP contribution in [-0.2, 0) is 13.6 Å². The van der Waals surface area contributed by atoms with Crippen molar-refractivity contribution in [3.63, 3.8) is 0 Å². The lowest BCUT2D eigenvalue weighted by atomic mass is 10.1. The average Bonchev–Trinajstić information content (AvgIpc) is 2.77. The van der Waals surface area contributed by atoms with E-state index >= 15 is 0 Å². The van der Waals surface area contributed by atoms with E-state index in [4.69, 9.17) is 0 Å². The van der Waals surface area contributed by atoms with Gasteiger partial charge in [0.15, 0.2) is 0 Å². The molecule has 1 aromatic heterocycles. The lowest BCUT2D eigenvalue weighted by Gasteiger charge is -2.23. The van der Waals surface area contributed by atoms with Crippen LogP contribution in [0.4, 0.5) is 0 Å². The van der Waals surface area contributed by atoms with Crippen LogP contribution in [0.25, 0.3) is 0 Å². The number of aromatic nitrogens is 2. The molecular formula is C12H21ClN4. The van der Waals surface area contributed by atoms with Gasteiger partial charge in [-0.2, -0.15) is 5.10 Å². The van der Waals surface area contributed by atoms with Crippen LogP contribution >= 0.6 is 12.4 Å². The SMILES string of the molecule is Cl.Cn1cc(CN2CCC3CCC(C2)N3)cn1. The molecule has 2 fully saturated rings. The van der Waals surface area contributed by atoms with E-state index in [2.05, 4.69) is 21.5 Å². The number of nitrogens with zero attached hydrogens (tertiary/aromatic N) is 3. The number of nitrogens with one attached hydrogen (secondary N) is 1. The van der Waals surface area contributed by atoms with Crippen molar-refractivity contribution >= 4 is 12.4 Å². The van der Waals surface area contributed by atoms with Crippen molar-refractivity contribution in [3.8, 4) is 0 Å². The normalized spacial score (nSPS) is 28.8. The topological polar surface area (TPSA) is 33.1 Å². The minimum atomic E-state index is 0. The Bertz CT molecular complexity index is 365. The van der Waals surface area contributed by atoms with Gasteiger partial charge in [0.1, 0.15) is 0 Å². The lowest BCUT2D eigenvalue weighted by molar-refractivity contribution is 0.251. The minimum Gasteiger partial charge on any atom is -0.310 e.